The van der Waals surface area contributed by atoms with E-state index in [9.17, 15) is 0 Å². The van der Waals surface area contributed by atoms with E-state index >= 15 is 0 Å². The molecule has 0 amide bonds. The van der Waals surface area contributed by atoms with Crippen LogP contribution in [0.25, 0.3) is 0 Å². The van der Waals surface area contributed by atoms with E-state index in [-0.39, 0.29) is 35.6 Å². The highest BCUT2D eigenvalue weighted by molar-refractivity contribution is 14.0. The highest BCUT2D eigenvalue weighted by atomic mass is 127. The van der Waals surface area contributed by atoms with Crippen LogP contribution in [0.4, 0.5) is 0 Å². The molecular weight excluding hydrogens is 503 g/mol. The van der Waals surface area contributed by atoms with E-state index in [1.54, 1.807) is 0 Å². The summed E-state index contributed by atoms with van der Waals surface area (Å²) in [5.74, 6) is 1.34. The first kappa shape index (κ1) is 26.4. The third-order valence-corrected chi connectivity index (χ3v) is 6.22. The summed E-state index contributed by atoms with van der Waals surface area (Å²) in [6.45, 7) is 15.7. The van der Waals surface area contributed by atoms with E-state index in [4.69, 9.17) is 14.5 Å². The van der Waals surface area contributed by atoms with Gasteiger partial charge in [-0.05, 0) is 46.1 Å². The van der Waals surface area contributed by atoms with Gasteiger partial charge in [-0.2, -0.15) is 0 Å². The summed E-state index contributed by atoms with van der Waals surface area (Å²) >= 11 is 0. The van der Waals surface area contributed by atoms with E-state index in [2.05, 4.69) is 67.5 Å². The van der Waals surface area contributed by atoms with Crippen molar-refractivity contribution < 1.29 is 9.47 Å². The molecule has 2 heterocycles. The fourth-order valence-electron chi connectivity index (χ4n) is 4.29. The van der Waals surface area contributed by atoms with Gasteiger partial charge in [0.05, 0.1) is 25.9 Å². The van der Waals surface area contributed by atoms with Crippen LogP contribution in [0.2, 0.25) is 0 Å². The number of hydrogen-bond acceptors (Lipinski definition) is 4. The number of morpholine rings is 1. The number of aliphatic imine (C=N–C) groups is 1. The van der Waals surface area contributed by atoms with Crippen molar-refractivity contribution in [1.29, 1.82) is 0 Å². The van der Waals surface area contributed by atoms with Gasteiger partial charge in [0.1, 0.15) is 0 Å². The number of benzene rings is 1. The summed E-state index contributed by atoms with van der Waals surface area (Å²) in [7, 11) is 0. The van der Waals surface area contributed by atoms with Gasteiger partial charge < -0.3 is 20.1 Å². The fraction of sp³-hybridized carbons (Fsp3) is 0.708. The first-order valence-corrected chi connectivity index (χ1v) is 11.5. The quantitative estimate of drug-likeness (QED) is 0.311. The minimum absolute atomic E-state index is 0. The number of ether oxygens (including phenoxy) is 2. The second-order valence-electron chi connectivity index (χ2n) is 9.09. The van der Waals surface area contributed by atoms with Crippen LogP contribution in [-0.2, 0) is 9.47 Å². The lowest BCUT2D eigenvalue weighted by Gasteiger charge is -2.40. The average Bonchev–Trinajstić information content (AvgIpc) is 2.77. The van der Waals surface area contributed by atoms with Gasteiger partial charge in [0.25, 0.3) is 0 Å². The summed E-state index contributed by atoms with van der Waals surface area (Å²) in [4.78, 5) is 7.40. The Hall–Kier alpha value is -0.900. The Morgan fingerprint density at radius 3 is 2.52 bits per heavy atom. The molecule has 2 aliphatic rings. The molecule has 0 saturated carbocycles. The zero-order valence-electron chi connectivity index (χ0n) is 19.7. The van der Waals surface area contributed by atoms with Crippen molar-refractivity contribution in [2.45, 2.75) is 52.2 Å². The standard InChI is InChI=1S/C24H40N4O2.HI/c1-5-25-23(27-18-24(3,4)28-12-15-29-16-13-28)26-17-21-7-6-14-30-22(21)20-10-8-19(2)9-11-20;/h8-11,21-22H,5-7,12-18H2,1-4H3,(H2,25,26,27);1H. The van der Waals surface area contributed by atoms with Gasteiger partial charge in [-0.15, -0.1) is 24.0 Å². The fourth-order valence-corrected chi connectivity index (χ4v) is 4.29. The maximum atomic E-state index is 6.18. The van der Waals surface area contributed by atoms with Crippen molar-refractivity contribution in [3.05, 3.63) is 35.4 Å². The molecule has 176 valence electrons. The van der Waals surface area contributed by atoms with E-state index in [1.165, 1.54) is 17.5 Å². The summed E-state index contributed by atoms with van der Waals surface area (Å²) in [6.07, 6.45) is 2.44. The lowest BCUT2D eigenvalue weighted by atomic mass is 9.89. The maximum Gasteiger partial charge on any atom is 0.191 e. The van der Waals surface area contributed by atoms with Crippen LogP contribution < -0.4 is 10.6 Å². The predicted octanol–water partition coefficient (Wildman–Crippen LogP) is 3.75. The van der Waals surface area contributed by atoms with E-state index in [0.29, 0.717) is 5.92 Å². The van der Waals surface area contributed by atoms with Crippen LogP contribution in [0.3, 0.4) is 0 Å². The van der Waals surface area contributed by atoms with Gasteiger partial charge in [0, 0.05) is 44.2 Å². The maximum absolute atomic E-state index is 6.18. The van der Waals surface area contributed by atoms with E-state index < -0.39 is 0 Å². The molecule has 2 N–H and O–H groups in total. The second kappa shape index (κ2) is 13.0. The number of hydrogen-bond donors (Lipinski definition) is 2. The van der Waals surface area contributed by atoms with Gasteiger partial charge in [-0.1, -0.05) is 29.8 Å². The van der Waals surface area contributed by atoms with Crippen molar-refractivity contribution in [1.82, 2.24) is 15.5 Å². The van der Waals surface area contributed by atoms with Crippen LogP contribution >= 0.6 is 24.0 Å². The molecule has 1 aromatic carbocycles. The van der Waals surface area contributed by atoms with Crippen molar-refractivity contribution >= 4 is 29.9 Å². The van der Waals surface area contributed by atoms with Gasteiger partial charge in [0.15, 0.2) is 5.96 Å². The number of nitrogens with one attached hydrogen (secondary N) is 2. The monoisotopic (exact) mass is 544 g/mol. The first-order chi connectivity index (χ1) is 14.5. The SMILES string of the molecule is CCNC(=NCC(C)(C)N1CCOCC1)NCC1CCCOC1c1ccc(C)cc1.I. The number of rotatable bonds is 7. The molecule has 7 heteroatoms. The zero-order valence-corrected chi connectivity index (χ0v) is 22.0. The molecule has 0 bridgehead atoms. The normalized spacial score (nSPS) is 23.2. The molecule has 0 spiro atoms. The minimum Gasteiger partial charge on any atom is -0.379 e. The number of guanidine groups is 1. The lowest BCUT2D eigenvalue weighted by Crippen LogP contribution is -2.52. The van der Waals surface area contributed by atoms with Crippen molar-refractivity contribution in [3.63, 3.8) is 0 Å². The van der Waals surface area contributed by atoms with Crippen LogP contribution in [0.5, 0.6) is 0 Å². The molecule has 2 atom stereocenters. The number of aryl methyl sites for hydroxylation is 1. The summed E-state index contributed by atoms with van der Waals surface area (Å²) in [6, 6.07) is 8.78. The van der Waals surface area contributed by atoms with Crippen LogP contribution in [0.1, 0.15) is 50.8 Å². The molecule has 2 aliphatic heterocycles. The highest BCUT2D eigenvalue weighted by Crippen LogP contribution is 2.33. The lowest BCUT2D eigenvalue weighted by molar-refractivity contribution is -0.0265. The Labute approximate surface area is 205 Å². The largest absolute Gasteiger partial charge is 0.379 e. The molecule has 3 rings (SSSR count). The Balaban J connectivity index is 0.00000341. The molecule has 2 saturated heterocycles. The predicted molar refractivity (Wildman–Crippen MR) is 138 cm³/mol. The second-order valence-corrected chi connectivity index (χ2v) is 9.09. The van der Waals surface area contributed by atoms with Gasteiger partial charge in [-0.25, -0.2) is 0 Å². The van der Waals surface area contributed by atoms with Crippen molar-refractivity contribution in [2.75, 3.05) is 52.5 Å². The molecule has 6 nitrogen and oxygen atoms in total. The third kappa shape index (κ3) is 7.87. The topological polar surface area (TPSA) is 58.1 Å². The van der Waals surface area contributed by atoms with Crippen LogP contribution in [0, 0.1) is 12.8 Å². The van der Waals surface area contributed by atoms with Crippen molar-refractivity contribution in [2.24, 2.45) is 10.9 Å². The van der Waals surface area contributed by atoms with Gasteiger partial charge in [-0.3, -0.25) is 9.89 Å². The molecule has 1 aromatic rings. The number of halogens is 1. The molecule has 2 unspecified atom stereocenters. The summed E-state index contributed by atoms with van der Waals surface area (Å²) < 4.78 is 11.7. The molecule has 0 radical (unpaired) electrons. The Morgan fingerprint density at radius 2 is 1.84 bits per heavy atom. The molecule has 31 heavy (non-hydrogen) atoms. The first-order valence-electron chi connectivity index (χ1n) is 11.5. The van der Waals surface area contributed by atoms with Crippen molar-refractivity contribution in [3.8, 4) is 0 Å². The van der Waals surface area contributed by atoms with Crippen LogP contribution in [-0.4, -0.2) is 68.9 Å². The van der Waals surface area contributed by atoms with Crippen LogP contribution in [0.15, 0.2) is 29.3 Å². The summed E-state index contributed by atoms with van der Waals surface area (Å²) in [5.41, 5.74) is 2.58. The molecule has 0 aromatic heterocycles. The van der Waals surface area contributed by atoms with E-state index in [1.807, 2.05) is 0 Å². The zero-order chi connectivity index (χ0) is 21.4. The Morgan fingerprint density at radius 1 is 1.13 bits per heavy atom. The smallest absolute Gasteiger partial charge is 0.191 e. The Bertz CT molecular complexity index is 675. The van der Waals surface area contributed by atoms with E-state index in [0.717, 1.165) is 64.9 Å². The molecule has 2 fully saturated rings. The summed E-state index contributed by atoms with van der Waals surface area (Å²) in [5, 5.41) is 7.01. The highest BCUT2D eigenvalue weighted by Gasteiger charge is 2.29. The third-order valence-electron chi connectivity index (χ3n) is 6.22. The minimum atomic E-state index is 0. The number of nitrogens with zero attached hydrogens (tertiary/aromatic N) is 2. The van der Waals surface area contributed by atoms with Gasteiger partial charge in [0.2, 0.25) is 0 Å². The average molecular weight is 545 g/mol. The Kier molecular flexibility index (Phi) is 11.0. The molecule has 0 aliphatic carbocycles. The molecular formula is C24H41IN4O2. The van der Waals surface area contributed by atoms with Gasteiger partial charge >= 0.3 is 0 Å².